The molecule has 0 aromatic rings. The van der Waals surface area contributed by atoms with Crippen LogP contribution in [0.4, 0.5) is 0 Å². The van der Waals surface area contributed by atoms with Gasteiger partial charge in [-0.3, -0.25) is 0 Å². The van der Waals surface area contributed by atoms with Gasteiger partial charge in [-0.05, 0) is 36.5 Å². The van der Waals surface area contributed by atoms with E-state index in [0.717, 1.165) is 23.9 Å². The summed E-state index contributed by atoms with van der Waals surface area (Å²) in [5.74, 6) is 1.62. The van der Waals surface area contributed by atoms with Gasteiger partial charge in [0.15, 0.2) is 0 Å². The van der Waals surface area contributed by atoms with Crippen LogP contribution in [0.2, 0.25) is 0 Å². The van der Waals surface area contributed by atoms with Gasteiger partial charge in [0.25, 0.3) is 0 Å². The molecule has 0 bridgehead atoms. The van der Waals surface area contributed by atoms with Gasteiger partial charge in [0.05, 0.1) is 0 Å². The number of hydrogen-bond donors (Lipinski definition) is 1. The van der Waals surface area contributed by atoms with Crippen molar-refractivity contribution in [3.05, 3.63) is 0 Å². The highest BCUT2D eigenvalue weighted by atomic mass is 15.0. The molecule has 0 spiro atoms. The van der Waals surface area contributed by atoms with Gasteiger partial charge in [-0.2, -0.15) is 0 Å². The molecule has 0 heterocycles. The van der Waals surface area contributed by atoms with Crippen LogP contribution in [-0.2, 0) is 0 Å². The molecule has 0 aromatic heterocycles. The molecule has 1 unspecified atom stereocenters. The van der Waals surface area contributed by atoms with E-state index in [1.54, 1.807) is 0 Å². The van der Waals surface area contributed by atoms with Crippen LogP contribution in [0.1, 0.15) is 60.8 Å². The highest BCUT2D eigenvalue weighted by Crippen LogP contribution is 2.45. The third-order valence-electron chi connectivity index (χ3n) is 3.46. The maximum Gasteiger partial charge on any atom is 0.0127 e. The molecule has 0 aliphatic heterocycles. The van der Waals surface area contributed by atoms with Crippen molar-refractivity contribution in [3.63, 3.8) is 0 Å². The lowest BCUT2D eigenvalue weighted by Crippen LogP contribution is -2.35. The normalized spacial score (nSPS) is 24.2. The zero-order valence-electron chi connectivity index (χ0n) is 11.4. The molecule has 0 saturated heterocycles. The van der Waals surface area contributed by atoms with Crippen LogP contribution < -0.4 is 5.32 Å². The Kier molecular flexibility index (Phi) is 4.22. The standard InChI is InChI=1S/C14H29N/c1-10(2)7-12(8-11(3)4)15-13-9-14(13,5)6/h10-13,15H,7-9H2,1-6H3. The lowest BCUT2D eigenvalue weighted by molar-refractivity contribution is 0.343. The maximum absolute atomic E-state index is 3.84. The quantitative estimate of drug-likeness (QED) is 0.704. The van der Waals surface area contributed by atoms with Gasteiger partial charge >= 0.3 is 0 Å². The molecule has 1 rings (SSSR count). The monoisotopic (exact) mass is 211 g/mol. The zero-order chi connectivity index (χ0) is 11.6. The molecule has 0 radical (unpaired) electrons. The topological polar surface area (TPSA) is 12.0 Å². The summed E-state index contributed by atoms with van der Waals surface area (Å²) in [5.41, 5.74) is 0.562. The Bertz CT molecular complexity index is 184. The van der Waals surface area contributed by atoms with Crippen molar-refractivity contribution in [1.82, 2.24) is 5.32 Å². The number of rotatable bonds is 6. The van der Waals surface area contributed by atoms with Crippen molar-refractivity contribution in [1.29, 1.82) is 0 Å². The first-order valence-corrected chi connectivity index (χ1v) is 6.57. The highest BCUT2D eigenvalue weighted by Gasteiger charge is 2.46. The molecule has 0 amide bonds. The molecule has 1 atom stereocenters. The summed E-state index contributed by atoms with van der Waals surface area (Å²) in [5, 5.41) is 3.84. The van der Waals surface area contributed by atoms with E-state index in [4.69, 9.17) is 0 Å². The van der Waals surface area contributed by atoms with Crippen molar-refractivity contribution < 1.29 is 0 Å². The van der Waals surface area contributed by atoms with Gasteiger partial charge in [-0.15, -0.1) is 0 Å². The van der Waals surface area contributed by atoms with Gasteiger partial charge in [-0.1, -0.05) is 41.5 Å². The molecule has 1 N–H and O–H groups in total. The van der Waals surface area contributed by atoms with E-state index in [1.165, 1.54) is 19.3 Å². The van der Waals surface area contributed by atoms with Crippen LogP contribution in [0, 0.1) is 17.3 Å². The van der Waals surface area contributed by atoms with Crippen molar-refractivity contribution in [2.45, 2.75) is 72.9 Å². The van der Waals surface area contributed by atoms with Crippen LogP contribution in [0.25, 0.3) is 0 Å². The van der Waals surface area contributed by atoms with Gasteiger partial charge in [0.2, 0.25) is 0 Å². The fourth-order valence-corrected chi connectivity index (χ4v) is 2.41. The van der Waals surface area contributed by atoms with Crippen molar-refractivity contribution in [3.8, 4) is 0 Å². The van der Waals surface area contributed by atoms with Crippen molar-refractivity contribution in [2.24, 2.45) is 17.3 Å². The molecule has 1 nitrogen and oxygen atoms in total. The van der Waals surface area contributed by atoms with E-state index in [9.17, 15) is 0 Å². The SMILES string of the molecule is CC(C)CC(CC(C)C)NC1CC1(C)C. The summed E-state index contributed by atoms with van der Waals surface area (Å²) >= 11 is 0. The van der Waals surface area contributed by atoms with E-state index in [1.807, 2.05) is 0 Å². The van der Waals surface area contributed by atoms with E-state index in [2.05, 4.69) is 46.9 Å². The Labute approximate surface area is 96.0 Å². The average Bonchev–Trinajstić information content (AvgIpc) is 2.54. The largest absolute Gasteiger partial charge is 0.311 e. The molecule has 1 saturated carbocycles. The zero-order valence-corrected chi connectivity index (χ0v) is 11.4. The molecule has 0 aromatic carbocycles. The van der Waals surface area contributed by atoms with E-state index >= 15 is 0 Å². The van der Waals surface area contributed by atoms with Gasteiger partial charge in [0.1, 0.15) is 0 Å². The second-order valence-corrected chi connectivity index (χ2v) is 6.87. The third-order valence-corrected chi connectivity index (χ3v) is 3.46. The van der Waals surface area contributed by atoms with E-state index in [-0.39, 0.29) is 0 Å². The van der Waals surface area contributed by atoms with Gasteiger partial charge in [-0.25, -0.2) is 0 Å². The van der Waals surface area contributed by atoms with Crippen LogP contribution in [-0.4, -0.2) is 12.1 Å². The third kappa shape index (κ3) is 4.55. The van der Waals surface area contributed by atoms with Crippen LogP contribution in [0.5, 0.6) is 0 Å². The van der Waals surface area contributed by atoms with Crippen molar-refractivity contribution in [2.75, 3.05) is 0 Å². The molecule has 1 fully saturated rings. The van der Waals surface area contributed by atoms with Gasteiger partial charge in [0, 0.05) is 12.1 Å². The van der Waals surface area contributed by atoms with Crippen LogP contribution in [0.3, 0.4) is 0 Å². The molecule has 1 heteroatoms. The minimum Gasteiger partial charge on any atom is -0.311 e. The molecular formula is C14H29N. The Morgan fingerprint density at radius 3 is 1.73 bits per heavy atom. The van der Waals surface area contributed by atoms with Crippen molar-refractivity contribution >= 4 is 0 Å². The molecule has 15 heavy (non-hydrogen) atoms. The Balaban J connectivity index is 2.36. The Morgan fingerprint density at radius 1 is 1.07 bits per heavy atom. The molecule has 90 valence electrons. The first-order valence-electron chi connectivity index (χ1n) is 6.57. The fourth-order valence-electron chi connectivity index (χ4n) is 2.41. The minimum atomic E-state index is 0.562. The summed E-state index contributed by atoms with van der Waals surface area (Å²) < 4.78 is 0. The Morgan fingerprint density at radius 2 is 1.47 bits per heavy atom. The summed E-state index contributed by atoms with van der Waals surface area (Å²) in [7, 11) is 0. The van der Waals surface area contributed by atoms with E-state index in [0.29, 0.717) is 5.41 Å². The summed E-state index contributed by atoms with van der Waals surface area (Å²) in [6.45, 7) is 14.0. The fraction of sp³-hybridized carbons (Fsp3) is 1.00. The molecule has 1 aliphatic carbocycles. The minimum absolute atomic E-state index is 0.562. The second kappa shape index (κ2) is 4.86. The maximum atomic E-state index is 3.84. The summed E-state index contributed by atoms with van der Waals surface area (Å²) in [4.78, 5) is 0. The number of hydrogen-bond acceptors (Lipinski definition) is 1. The van der Waals surface area contributed by atoms with Crippen LogP contribution in [0.15, 0.2) is 0 Å². The number of nitrogens with one attached hydrogen (secondary N) is 1. The first-order chi connectivity index (χ1) is 6.81. The summed E-state index contributed by atoms with van der Waals surface area (Å²) in [6.07, 6.45) is 4.01. The van der Waals surface area contributed by atoms with Crippen LogP contribution >= 0.6 is 0 Å². The smallest absolute Gasteiger partial charge is 0.0127 e. The second-order valence-electron chi connectivity index (χ2n) is 6.87. The Hall–Kier alpha value is -0.0400. The highest BCUT2D eigenvalue weighted by molar-refractivity contribution is 5.02. The van der Waals surface area contributed by atoms with E-state index < -0.39 is 0 Å². The lowest BCUT2D eigenvalue weighted by Gasteiger charge is -2.23. The lowest BCUT2D eigenvalue weighted by atomic mass is 9.95. The predicted octanol–water partition coefficient (Wildman–Crippen LogP) is 3.84. The summed E-state index contributed by atoms with van der Waals surface area (Å²) in [6, 6.07) is 1.51. The van der Waals surface area contributed by atoms with Gasteiger partial charge < -0.3 is 5.32 Å². The molecular weight excluding hydrogens is 182 g/mol. The predicted molar refractivity (Wildman–Crippen MR) is 68.0 cm³/mol. The molecule has 1 aliphatic rings. The first kappa shape index (κ1) is 13.0. The average molecular weight is 211 g/mol.